The van der Waals surface area contributed by atoms with Gasteiger partial charge in [-0.25, -0.2) is 0 Å². The highest BCUT2D eigenvalue weighted by molar-refractivity contribution is 6.04. The van der Waals surface area contributed by atoms with Gasteiger partial charge in [0.1, 0.15) is 16.9 Å². The van der Waals surface area contributed by atoms with E-state index in [4.69, 9.17) is 4.74 Å². The lowest BCUT2D eigenvalue weighted by Gasteiger charge is -2.40. The minimum atomic E-state index is -1.03. The van der Waals surface area contributed by atoms with E-state index in [2.05, 4.69) is 11.0 Å². The summed E-state index contributed by atoms with van der Waals surface area (Å²) in [6, 6.07) is 2.18. The summed E-state index contributed by atoms with van der Waals surface area (Å²) in [7, 11) is 0. The Kier molecular flexibility index (Phi) is 2.87. The van der Waals surface area contributed by atoms with Crippen LogP contribution in [-0.2, 0) is 28.9 Å². The lowest BCUT2D eigenvalue weighted by Crippen LogP contribution is -2.44. The van der Waals surface area contributed by atoms with Gasteiger partial charge >= 0.3 is 5.97 Å². The molecule has 0 fully saturated rings. The summed E-state index contributed by atoms with van der Waals surface area (Å²) in [6.07, 6.45) is 4.79. The second kappa shape index (κ2) is 4.58. The zero-order valence-corrected chi connectivity index (χ0v) is 13.2. The molecule has 22 heavy (non-hydrogen) atoms. The van der Waals surface area contributed by atoms with Crippen molar-refractivity contribution in [1.29, 1.82) is 0 Å². The Bertz CT molecular complexity index is 692. The molecule has 4 rings (SSSR count). The summed E-state index contributed by atoms with van der Waals surface area (Å²) >= 11 is 0. The van der Waals surface area contributed by atoms with Crippen LogP contribution in [0.3, 0.4) is 0 Å². The fourth-order valence-corrected chi connectivity index (χ4v) is 4.08. The molecular weight excluding hydrogens is 278 g/mol. The Labute approximate surface area is 130 Å². The second-order valence-corrected chi connectivity index (χ2v) is 7.00. The highest BCUT2D eigenvalue weighted by atomic mass is 16.5. The van der Waals surface area contributed by atoms with E-state index in [0.717, 1.165) is 43.7 Å². The molecule has 0 bridgehead atoms. The topological polar surface area (TPSA) is 46.6 Å². The largest absolute Gasteiger partial charge is 0.425 e. The third kappa shape index (κ3) is 1.76. The minimum absolute atomic E-state index is 0.115. The van der Waals surface area contributed by atoms with Crippen molar-refractivity contribution >= 4 is 17.4 Å². The van der Waals surface area contributed by atoms with Crippen molar-refractivity contribution in [3.8, 4) is 5.75 Å². The average molecular weight is 299 g/mol. The van der Waals surface area contributed by atoms with Crippen LogP contribution in [0.4, 0.5) is 5.69 Å². The minimum Gasteiger partial charge on any atom is -0.425 e. The van der Waals surface area contributed by atoms with Gasteiger partial charge in [0.2, 0.25) is 0 Å². The Morgan fingerprint density at radius 1 is 1.23 bits per heavy atom. The molecule has 0 radical (unpaired) electrons. The van der Waals surface area contributed by atoms with Crippen LogP contribution in [0.2, 0.25) is 0 Å². The summed E-state index contributed by atoms with van der Waals surface area (Å²) in [4.78, 5) is 26.8. The SMILES string of the molecule is CC(=O)C1(C)Cc2cc3c4c(c2OC1=O)CCCN4CCC3. The maximum atomic E-state index is 12.4. The number of fused-ring (bicyclic) bond motifs is 2. The Balaban J connectivity index is 1.89. The second-order valence-electron chi connectivity index (χ2n) is 7.00. The van der Waals surface area contributed by atoms with Crippen molar-refractivity contribution < 1.29 is 14.3 Å². The summed E-state index contributed by atoms with van der Waals surface area (Å²) in [6.45, 7) is 5.38. The monoisotopic (exact) mass is 299 g/mol. The van der Waals surface area contributed by atoms with Gasteiger partial charge in [0.15, 0.2) is 0 Å². The summed E-state index contributed by atoms with van der Waals surface area (Å²) in [5.41, 5.74) is 3.86. The maximum Gasteiger partial charge on any atom is 0.325 e. The number of ketones is 1. The number of Topliss-reactive ketones (excluding diaryl/α,β-unsaturated/α-hetero) is 1. The number of hydrogen-bond donors (Lipinski definition) is 0. The predicted octanol–water partition coefficient (Wildman–Crippen LogP) is 2.44. The quantitative estimate of drug-likeness (QED) is 0.454. The molecule has 1 aromatic rings. The Hall–Kier alpha value is -1.84. The first-order valence-corrected chi connectivity index (χ1v) is 8.16. The number of aryl methyl sites for hydroxylation is 1. The average Bonchev–Trinajstić information content (AvgIpc) is 2.50. The fraction of sp³-hybridized carbons (Fsp3) is 0.556. The van der Waals surface area contributed by atoms with Crippen molar-refractivity contribution in [2.45, 2.75) is 46.0 Å². The van der Waals surface area contributed by atoms with E-state index in [1.54, 1.807) is 6.92 Å². The first kappa shape index (κ1) is 13.8. The van der Waals surface area contributed by atoms with E-state index in [9.17, 15) is 9.59 Å². The summed E-state index contributed by atoms with van der Waals surface area (Å²) in [5, 5.41) is 0. The molecule has 0 spiro atoms. The van der Waals surface area contributed by atoms with Crippen LogP contribution in [0, 0.1) is 5.41 Å². The van der Waals surface area contributed by atoms with Crippen LogP contribution >= 0.6 is 0 Å². The van der Waals surface area contributed by atoms with Gasteiger partial charge in [0, 0.05) is 24.3 Å². The van der Waals surface area contributed by atoms with Gasteiger partial charge in [0.25, 0.3) is 0 Å². The summed E-state index contributed by atoms with van der Waals surface area (Å²) < 4.78 is 5.69. The molecule has 0 aromatic heterocycles. The molecule has 0 amide bonds. The van der Waals surface area contributed by atoms with Crippen LogP contribution in [0.25, 0.3) is 0 Å². The van der Waals surface area contributed by atoms with E-state index in [0.29, 0.717) is 6.42 Å². The van der Waals surface area contributed by atoms with Crippen LogP contribution in [0.5, 0.6) is 5.75 Å². The van der Waals surface area contributed by atoms with Crippen LogP contribution in [0.15, 0.2) is 6.07 Å². The molecule has 3 heterocycles. The number of benzene rings is 1. The standard InChI is InChI=1S/C18H21NO3/c1-11(20)18(2)10-13-9-12-5-3-7-19-8-4-6-14(15(12)19)16(13)22-17(18)21/h9H,3-8,10H2,1-2H3. The highest BCUT2D eigenvalue weighted by Gasteiger charge is 2.46. The van der Waals surface area contributed by atoms with Gasteiger partial charge in [-0.1, -0.05) is 0 Å². The zero-order valence-electron chi connectivity index (χ0n) is 13.2. The van der Waals surface area contributed by atoms with Crippen LogP contribution in [0.1, 0.15) is 43.4 Å². The van der Waals surface area contributed by atoms with Gasteiger partial charge in [-0.2, -0.15) is 0 Å². The molecule has 116 valence electrons. The van der Waals surface area contributed by atoms with Crippen molar-refractivity contribution in [1.82, 2.24) is 0 Å². The van der Waals surface area contributed by atoms with Gasteiger partial charge in [0.05, 0.1) is 0 Å². The lowest BCUT2D eigenvalue weighted by molar-refractivity contribution is -0.152. The number of carbonyl (C=O) groups excluding carboxylic acids is 2. The van der Waals surface area contributed by atoms with Gasteiger partial charge in [-0.3, -0.25) is 9.59 Å². The molecule has 1 aromatic carbocycles. The zero-order chi connectivity index (χ0) is 15.5. The third-order valence-corrected chi connectivity index (χ3v) is 5.52. The molecule has 3 aliphatic rings. The highest BCUT2D eigenvalue weighted by Crippen LogP contribution is 2.46. The fourth-order valence-electron chi connectivity index (χ4n) is 4.08. The van der Waals surface area contributed by atoms with Gasteiger partial charge in [-0.15, -0.1) is 0 Å². The first-order chi connectivity index (χ1) is 10.5. The molecule has 4 heteroatoms. The third-order valence-electron chi connectivity index (χ3n) is 5.52. The van der Waals surface area contributed by atoms with E-state index >= 15 is 0 Å². The number of hydrogen-bond acceptors (Lipinski definition) is 4. The smallest absolute Gasteiger partial charge is 0.325 e. The normalized spacial score (nSPS) is 26.1. The van der Waals surface area contributed by atoms with Gasteiger partial charge in [-0.05, 0) is 63.1 Å². The van der Waals surface area contributed by atoms with E-state index in [-0.39, 0.29) is 5.78 Å². The Morgan fingerprint density at radius 2 is 1.95 bits per heavy atom. The van der Waals surface area contributed by atoms with Crippen LogP contribution in [-0.4, -0.2) is 24.8 Å². The van der Waals surface area contributed by atoms with E-state index < -0.39 is 11.4 Å². The van der Waals surface area contributed by atoms with E-state index in [1.807, 2.05) is 0 Å². The molecular formula is C18H21NO3. The van der Waals surface area contributed by atoms with Crippen molar-refractivity contribution in [3.05, 3.63) is 22.8 Å². The van der Waals surface area contributed by atoms with Crippen molar-refractivity contribution in [2.24, 2.45) is 5.41 Å². The molecule has 1 unspecified atom stereocenters. The van der Waals surface area contributed by atoms with Gasteiger partial charge < -0.3 is 9.64 Å². The van der Waals surface area contributed by atoms with Crippen molar-refractivity contribution in [2.75, 3.05) is 18.0 Å². The molecule has 0 N–H and O–H groups in total. The first-order valence-electron chi connectivity index (χ1n) is 8.16. The summed E-state index contributed by atoms with van der Waals surface area (Å²) in [5.74, 6) is 0.238. The number of carbonyl (C=O) groups is 2. The van der Waals surface area contributed by atoms with E-state index in [1.165, 1.54) is 30.2 Å². The number of rotatable bonds is 1. The number of esters is 1. The molecule has 3 aliphatic heterocycles. The Morgan fingerprint density at radius 3 is 2.68 bits per heavy atom. The number of ether oxygens (including phenoxy) is 1. The molecule has 1 atom stereocenters. The molecule has 0 saturated heterocycles. The van der Waals surface area contributed by atoms with Crippen LogP contribution < -0.4 is 9.64 Å². The predicted molar refractivity (Wildman–Crippen MR) is 83.4 cm³/mol. The number of nitrogens with zero attached hydrogens (tertiary/aromatic N) is 1. The lowest BCUT2D eigenvalue weighted by atomic mass is 9.76. The molecule has 0 aliphatic carbocycles. The van der Waals surface area contributed by atoms with Crippen molar-refractivity contribution in [3.63, 3.8) is 0 Å². The number of anilines is 1. The molecule has 4 nitrogen and oxygen atoms in total. The molecule has 0 saturated carbocycles. The maximum absolute atomic E-state index is 12.4.